The molecule has 2 N–H and O–H groups in total. The first kappa shape index (κ1) is 10.8. The normalized spacial score (nSPS) is 10.6. The third-order valence-corrected chi connectivity index (χ3v) is 2.34. The highest BCUT2D eigenvalue weighted by atomic mass is 35.5. The molecule has 0 aliphatic rings. The maximum atomic E-state index is 10.6. The zero-order valence-electron chi connectivity index (χ0n) is 7.64. The van der Waals surface area contributed by atoms with Gasteiger partial charge in [-0.1, -0.05) is 23.8 Å². The summed E-state index contributed by atoms with van der Waals surface area (Å²) >= 11 is 10.4. The average Bonchev–Trinajstić information content (AvgIpc) is 2.58. The standard InChI is InChI=1S/C8H4ClN3O3S/c9-3-1-4-6(2-5(3)12(13)14)15-8(11-4)7(10)16/h1-2H,(H2,10,16). The van der Waals surface area contributed by atoms with E-state index in [-0.39, 0.29) is 27.2 Å². The molecule has 16 heavy (non-hydrogen) atoms. The highest BCUT2D eigenvalue weighted by Gasteiger charge is 2.17. The number of nitrogens with zero attached hydrogens (tertiary/aromatic N) is 2. The molecule has 6 nitrogen and oxygen atoms in total. The monoisotopic (exact) mass is 257 g/mol. The lowest BCUT2D eigenvalue weighted by molar-refractivity contribution is -0.384. The van der Waals surface area contributed by atoms with Crippen molar-refractivity contribution in [2.24, 2.45) is 5.73 Å². The zero-order valence-corrected chi connectivity index (χ0v) is 9.21. The number of nitrogens with two attached hydrogens (primary N) is 1. The number of hydrogen-bond acceptors (Lipinski definition) is 5. The lowest BCUT2D eigenvalue weighted by atomic mass is 10.3. The third-order valence-electron chi connectivity index (χ3n) is 1.86. The molecule has 1 aromatic carbocycles. The minimum atomic E-state index is -0.606. The Balaban J connectivity index is 2.70. The molecule has 0 aliphatic carbocycles. The molecule has 0 aliphatic heterocycles. The van der Waals surface area contributed by atoms with Crippen LogP contribution < -0.4 is 5.73 Å². The summed E-state index contributed by atoms with van der Waals surface area (Å²) in [4.78, 5) is 13.9. The zero-order chi connectivity index (χ0) is 11.9. The molecular formula is C8H4ClN3O3S. The highest BCUT2D eigenvalue weighted by molar-refractivity contribution is 7.80. The summed E-state index contributed by atoms with van der Waals surface area (Å²) in [6.45, 7) is 0. The molecule has 0 atom stereocenters. The molecule has 0 saturated heterocycles. The van der Waals surface area contributed by atoms with E-state index in [1.807, 2.05) is 0 Å². The SMILES string of the molecule is NC(=S)c1nc2cc(Cl)c([N+](=O)[O-])cc2o1. The van der Waals surface area contributed by atoms with E-state index >= 15 is 0 Å². The molecule has 0 bridgehead atoms. The van der Waals surface area contributed by atoms with Crippen LogP contribution in [0.25, 0.3) is 11.1 Å². The van der Waals surface area contributed by atoms with E-state index < -0.39 is 4.92 Å². The fourth-order valence-corrected chi connectivity index (χ4v) is 1.50. The van der Waals surface area contributed by atoms with Gasteiger partial charge >= 0.3 is 0 Å². The first-order valence-electron chi connectivity index (χ1n) is 4.03. The van der Waals surface area contributed by atoms with Crippen molar-refractivity contribution in [3.63, 3.8) is 0 Å². The molecule has 0 fully saturated rings. The van der Waals surface area contributed by atoms with Crippen molar-refractivity contribution >= 4 is 45.6 Å². The minimum absolute atomic E-state index is 0.0136. The van der Waals surface area contributed by atoms with Crippen LogP contribution in [0, 0.1) is 10.1 Å². The number of benzene rings is 1. The van der Waals surface area contributed by atoms with Crippen LogP contribution in [0.5, 0.6) is 0 Å². The van der Waals surface area contributed by atoms with Crippen LogP contribution >= 0.6 is 23.8 Å². The van der Waals surface area contributed by atoms with Gasteiger partial charge in [-0.25, -0.2) is 4.98 Å². The molecule has 0 amide bonds. The second-order valence-corrected chi connectivity index (χ2v) is 3.76. The Labute approximate surface area is 99.1 Å². The van der Waals surface area contributed by atoms with Crippen LogP contribution in [0.3, 0.4) is 0 Å². The van der Waals surface area contributed by atoms with Gasteiger partial charge in [0.2, 0.25) is 0 Å². The Hall–Kier alpha value is -1.73. The number of nitro groups is 1. The number of hydrogen-bond donors (Lipinski definition) is 1. The van der Waals surface area contributed by atoms with Gasteiger partial charge < -0.3 is 10.2 Å². The molecule has 8 heteroatoms. The van der Waals surface area contributed by atoms with Gasteiger partial charge in [0.05, 0.1) is 11.0 Å². The Morgan fingerprint density at radius 3 is 2.88 bits per heavy atom. The minimum Gasteiger partial charge on any atom is -0.434 e. The van der Waals surface area contributed by atoms with Crippen molar-refractivity contribution in [3.8, 4) is 0 Å². The molecule has 1 heterocycles. The van der Waals surface area contributed by atoms with Gasteiger partial charge in [-0.3, -0.25) is 10.1 Å². The maximum absolute atomic E-state index is 10.6. The second-order valence-electron chi connectivity index (χ2n) is 2.91. The fourth-order valence-electron chi connectivity index (χ4n) is 1.18. The Morgan fingerprint density at radius 1 is 1.62 bits per heavy atom. The third kappa shape index (κ3) is 1.70. The molecule has 0 spiro atoms. The number of fused-ring (bicyclic) bond motifs is 1. The van der Waals surface area contributed by atoms with Gasteiger partial charge in [-0.2, -0.15) is 0 Å². The van der Waals surface area contributed by atoms with E-state index in [9.17, 15) is 10.1 Å². The Kier molecular flexibility index (Phi) is 2.49. The topological polar surface area (TPSA) is 95.2 Å². The Bertz CT molecular complexity index is 610. The van der Waals surface area contributed by atoms with E-state index in [1.54, 1.807) is 0 Å². The predicted octanol–water partition coefficient (Wildman–Crippen LogP) is 2.02. The number of thiocarbonyl (C=S) groups is 1. The van der Waals surface area contributed by atoms with Gasteiger partial charge in [-0.05, 0) is 6.07 Å². The highest BCUT2D eigenvalue weighted by Crippen LogP contribution is 2.29. The second kappa shape index (κ2) is 3.69. The molecule has 0 saturated carbocycles. The number of aromatic nitrogens is 1. The number of oxazole rings is 1. The van der Waals surface area contributed by atoms with Crippen molar-refractivity contribution in [1.29, 1.82) is 0 Å². The quantitative estimate of drug-likeness (QED) is 0.502. The summed E-state index contributed by atoms with van der Waals surface area (Å²) in [5.41, 5.74) is 5.67. The smallest absolute Gasteiger partial charge is 0.291 e. The first-order chi connectivity index (χ1) is 7.49. The molecule has 2 aromatic rings. The predicted molar refractivity (Wildman–Crippen MR) is 61.6 cm³/mol. The molecule has 0 unspecified atom stereocenters. The first-order valence-corrected chi connectivity index (χ1v) is 4.82. The molecular weight excluding hydrogens is 254 g/mol. The van der Waals surface area contributed by atoms with Crippen molar-refractivity contribution < 1.29 is 9.34 Å². The summed E-state index contributed by atoms with van der Waals surface area (Å²) in [6, 6.07) is 2.52. The van der Waals surface area contributed by atoms with Crippen molar-refractivity contribution in [2.45, 2.75) is 0 Å². The number of nitro benzene ring substituents is 1. The molecule has 0 radical (unpaired) electrons. The molecule has 1 aromatic heterocycles. The summed E-state index contributed by atoms with van der Waals surface area (Å²) < 4.78 is 5.13. The van der Waals surface area contributed by atoms with Crippen molar-refractivity contribution in [2.75, 3.05) is 0 Å². The van der Waals surface area contributed by atoms with Crippen molar-refractivity contribution in [3.05, 3.63) is 33.2 Å². The molecule has 82 valence electrons. The van der Waals surface area contributed by atoms with Crippen LogP contribution in [-0.2, 0) is 0 Å². The average molecular weight is 258 g/mol. The maximum Gasteiger partial charge on any atom is 0.291 e. The summed E-state index contributed by atoms with van der Waals surface area (Å²) in [6.07, 6.45) is 0. The van der Waals surface area contributed by atoms with Crippen LogP contribution in [0.4, 0.5) is 5.69 Å². The lowest BCUT2D eigenvalue weighted by Gasteiger charge is -1.93. The van der Waals surface area contributed by atoms with Crippen LogP contribution in [-0.4, -0.2) is 14.9 Å². The van der Waals surface area contributed by atoms with E-state index in [0.717, 1.165) is 0 Å². The fraction of sp³-hybridized carbons (Fsp3) is 0. The largest absolute Gasteiger partial charge is 0.434 e. The lowest BCUT2D eigenvalue weighted by Crippen LogP contribution is -2.09. The van der Waals surface area contributed by atoms with E-state index in [2.05, 4.69) is 17.2 Å². The van der Waals surface area contributed by atoms with Crippen LogP contribution in [0.1, 0.15) is 5.89 Å². The van der Waals surface area contributed by atoms with Gasteiger partial charge in [0, 0.05) is 0 Å². The van der Waals surface area contributed by atoms with E-state index in [0.29, 0.717) is 5.52 Å². The summed E-state index contributed by atoms with van der Waals surface area (Å²) in [7, 11) is 0. The van der Waals surface area contributed by atoms with Crippen molar-refractivity contribution in [1.82, 2.24) is 4.98 Å². The van der Waals surface area contributed by atoms with Gasteiger partial charge in [-0.15, -0.1) is 0 Å². The number of rotatable bonds is 2. The van der Waals surface area contributed by atoms with E-state index in [1.165, 1.54) is 12.1 Å². The molecule has 2 rings (SSSR count). The summed E-state index contributed by atoms with van der Waals surface area (Å²) in [5, 5.41) is 10.6. The van der Waals surface area contributed by atoms with Crippen LogP contribution in [0.15, 0.2) is 16.5 Å². The van der Waals surface area contributed by atoms with Crippen LogP contribution in [0.2, 0.25) is 5.02 Å². The Morgan fingerprint density at radius 2 is 2.31 bits per heavy atom. The summed E-state index contributed by atoms with van der Waals surface area (Å²) in [5.74, 6) is 0.0570. The van der Waals surface area contributed by atoms with Gasteiger partial charge in [0.25, 0.3) is 11.6 Å². The van der Waals surface area contributed by atoms with Gasteiger partial charge in [0.1, 0.15) is 10.5 Å². The van der Waals surface area contributed by atoms with Gasteiger partial charge in [0.15, 0.2) is 10.6 Å². The number of halogens is 1. The van der Waals surface area contributed by atoms with E-state index in [4.69, 9.17) is 21.8 Å².